The maximum absolute atomic E-state index is 11.9. The topological polar surface area (TPSA) is 89.5 Å². The van der Waals surface area contributed by atoms with Crippen LogP contribution in [0.2, 0.25) is 0 Å². The zero-order valence-corrected chi connectivity index (χ0v) is 16.4. The van der Waals surface area contributed by atoms with Crippen molar-refractivity contribution >= 4 is 11.9 Å². The molecule has 26 heavy (non-hydrogen) atoms. The molecule has 0 aromatic rings. The highest BCUT2D eigenvalue weighted by atomic mass is 16.8. The van der Waals surface area contributed by atoms with Crippen LogP contribution in [-0.2, 0) is 38.0 Å². The second kappa shape index (κ2) is 8.65. The molecule has 8 heteroatoms. The van der Waals surface area contributed by atoms with Gasteiger partial charge in [0.25, 0.3) is 0 Å². The van der Waals surface area contributed by atoms with Gasteiger partial charge in [-0.25, -0.2) is 0 Å². The number of carbonyl (C=O) groups excluding carboxylic acids is 2. The van der Waals surface area contributed by atoms with Crippen LogP contribution in [0.1, 0.15) is 47.5 Å². The molecule has 0 radical (unpaired) electrons. The van der Waals surface area contributed by atoms with E-state index in [1.54, 1.807) is 20.8 Å². The summed E-state index contributed by atoms with van der Waals surface area (Å²) in [7, 11) is 1.46. The standard InChI is InChI=1S/C18H30O8/c1-7-12(19)24-16-15-14(25-18(4,5)26-15)11(23-17(16)21-6)9-22-13(20)8-10(2)3/h10-11,14-17H,7-9H2,1-6H3. The van der Waals surface area contributed by atoms with Crippen LogP contribution in [0.25, 0.3) is 0 Å². The number of fused-ring (bicyclic) bond motifs is 1. The van der Waals surface area contributed by atoms with E-state index >= 15 is 0 Å². The molecular weight excluding hydrogens is 344 g/mol. The molecule has 0 spiro atoms. The Balaban J connectivity index is 2.11. The first-order valence-electron chi connectivity index (χ1n) is 9.05. The maximum Gasteiger partial charge on any atom is 0.306 e. The molecule has 2 rings (SSSR count). The van der Waals surface area contributed by atoms with E-state index in [0.29, 0.717) is 6.42 Å². The quantitative estimate of drug-likeness (QED) is 0.623. The van der Waals surface area contributed by atoms with Crippen molar-refractivity contribution in [3.63, 3.8) is 0 Å². The molecule has 0 N–H and O–H groups in total. The molecule has 2 aliphatic heterocycles. The van der Waals surface area contributed by atoms with E-state index in [1.807, 2.05) is 13.8 Å². The Labute approximate surface area is 154 Å². The molecule has 150 valence electrons. The summed E-state index contributed by atoms with van der Waals surface area (Å²) in [5, 5.41) is 0. The molecule has 2 fully saturated rings. The van der Waals surface area contributed by atoms with Gasteiger partial charge in [-0.15, -0.1) is 0 Å². The van der Waals surface area contributed by atoms with Gasteiger partial charge in [-0.05, 0) is 19.8 Å². The van der Waals surface area contributed by atoms with Gasteiger partial charge in [0.1, 0.15) is 24.9 Å². The molecule has 0 aromatic carbocycles. The zero-order chi connectivity index (χ0) is 19.5. The van der Waals surface area contributed by atoms with E-state index < -0.39 is 36.5 Å². The van der Waals surface area contributed by atoms with Crippen molar-refractivity contribution < 1.29 is 38.0 Å². The normalized spacial score (nSPS) is 33.0. The molecule has 2 heterocycles. The molecule has 8 nitrogen and oxygen atoms in total. The van der Waals surface area contributed by atoms with Crippen LogP contribution in [0.4, 0.5) is 0 Å². The van der Waals surface area contributed by atoms with Gasteiger partial charge in [0.2, 0.25) is 0 Å². The van der Waals surface area contributed by atoms with Crippen LogP contribution >= 0.6 is 0 Å². The third-order valence-electron chi connectivity index (χ3n) is 4.20. The first kappa shape index (κ1) is 21.1. The Kier molecular flexibility index (Phi) is 7.01. The van der Waals surface area contributed by atoms with Gasteiger partial charge in [-0.1, -0.05) is 20.8 Å². The predicted molar refractivity (Wildman–Crippen MR) is 90.1 cm³/mol. The first-order valence-corrected chi connectivity index (χ1v) is 9.05. The maximum atomic E-state index is 11.9. The van der Waals surface area contributed by atoms with Gasteiger partial charge in [-0.2, -0.15) is 0 Å². The Morgan fingerprint density at radius 2 is 1.77 bits per heavy atom. The lowest BCUT2D eigenvalue weighted by Gasteiger charge is -2.40. The largest absolute Gasteiger partial charge is 0.463 e. The van der Waals surface area contributed by atoms with Gasteiger partial charge >= 0.3 is 11.9 Å². The summed E-state index contributed by atoms with van der Waals surface area (Å²) in [6, 6.07) is 0. The molecule has 2 saturated heterocycles. The van der Waals surface area contributed by atoms with Gasteiger partial charge < -0.3 is 28.4 Å². The number of methoxy groups -OCH3 is 1. The molecule has 0 aromatic heterocycles. The third kappa shape index (κ3) is 5.16. The minimum absolute atomic E-state index is 0.0143. The lowest BCUT2D eigenvalue weighted by molar-refractivity contribution is -0.280. The molecule has 0 aliphatic carbocycles. The monoisotopic (exact) mass is 374 g/mol. The van der Waals surface area contributed by atoms with E-state index in [9.17, 15) is 9.59 Å². The van der Waals surface area contributed by atoms with E-state index in [2.05, 4.69) is 0 Å². The van der Waals surface area contributed by atoms with E-state index in [0.717, 1.165) is 0 Å². The van der Waals surface area contributed by atoms with Crippen LogP contribution in [-0.4, -0.2) is 62.1 Å². The minimum atomic E-state index is -0.877. The van der Waals surface area contributed by atoms with Crippen molar-refractivity contribution in [2.75, 3.05) is 13.7 Å². The average molecular weight is 374 g/mol. The van der Waals surface area contributed by atoms with Gasteiger partial charge in [0.05, 0.1) is 0 Å². The number of carbonyl (C=O) groups is 2. The van der Waals surface area contributed by atoms with E-state index in [1.165, 1.54) is 7.11 Å². The summed E-state index contributed by atoms with van der Waals surface area (Å²) in [5.74, 6) is -1.35. The van der Waals surface area contributed by atoms with Crippen LogP contribution in [0.5, 0.6) is 0 Å². The Hall–Kier alpha value is -1.22. The van der Waals surface area contributed by atoms with Crippen molar-refractivity contribution in [3.05, 3.63) is 0 Å². The van der Waals surface area contributed by atoms with Crippen molar-refractivity contribution in [2.45, 2.75) is 84.0 Å². The second-order valence-electron chi connectivity index (χ2n) is 7.43. The smallest absolute Gasteiger partial charge is 0.306 e. The molecule has 5 atom stereocenters. The Morgan fingerprint density at radius 1 is 1.12 bits per heavy atom. The van der Waals surface area contributed by atoms with Crippen LogP contribution in [0.3, 0.4) is 0 Å². The first-order chi connectivity index (χ1) is 12.2. The summed E-state index contributed by atoms with van der Waals surface area (Å²) < 4.78 is 33.9. The van der Waals surface area contributed by atoms with Crippen LogP contribution < -0.4 is 0 Å². The highest BCUT2D eigenvalue weighted by Crippen LogP contribution is 2.39. The number of hydrogen-bond acceptors (Lipinski definition) is 8. The number of esters is 2. The number of ether oxygens (including phenoxy) is 6. The second-order valence-corrected chi connectivity index (χ2v) is 7.43. The van der Waals surface area contributed by atoms with Crippen molar-refractivity contribution in [3.8, 4) is 0 Å². The highest BCUT2D eigenvalue weighted by Gasteiger charge is 2.57. The van der Waals surface area contributed by atoms with Crippen molar-refractivity contribution in [2.24, 2.45) is 5.92 Å². The Morgan fingerprint density at radius 3 is 2.35 bits per heavy atom. The van der Waals surface area contributed by atoms with Crippen LogP contribution in [0.15, 0.2) is 0 Å². The third-order valence-corrected chi connectivity index (χ3v) is 4.20. The fourth-order valence-electron chi connectivity index (χ4n) is 3.09. The summed E-state index contributed by atoms with van der Waals surface area (Å²) in [6.45, 7) is 9.15. The van der Waals surface area contributed by atoms with E-state index in [-0.39, 0.29) is 30.9 Å². The molecule has 0 amide bonds. The minimum Gasteiger partial charge on any atom is -0.463 e. The fourth-order valence-corrected chi connectivity index (χ4v) is 3.09. The SMILES string of the molecule is CCC(=O)OC1C(OC)OC(COC(=O)CC(C)C)C2OC(C)(C)OC21. The Bertz CT molecular complexity index is 503. The average Bonchev–Trinajstić information content (AvgIpc) is 2.88. The highest BCUT2D eigenvalue weighted by molar-refractivity contribution is 5.69. The number of rotatable bonds is 7. The molecule has 0 bridgehead atoms. The van der Waals surface area contributed by atoms with Gasteiger partial charge in [-0.3, -0.25) is 9.59 Å². The van der Waals surface area contributed by atoms with Crippen LogP contribution in [0, 0.1) is 5.92 Å². The van der Waals surface area contributed by atoms with Gasteiger partial charge in [0, 0.05) is 20.0 Å². The summed E-state index contributed by atoms with van der Waals surface area (Å²) >= 11 is 0. The van der Waals surface area contributed by atoms with Crippen molar-refractivity contribution in [1.29, 1.82) is 0 Å². The fraction of sp³-hybridized carbons (Fsp3) is 0.889. The van der Waals surface area contributed by atoms with Crippen molar-refractivity contribution in [1.82, 2.24) is 0 Å². The lowest BCUT2D eigenvalue weighted by Crippen LogP contribution is -2.59. The molecule has 0 saturated carbocycles. The molecule has 5 unspecified atom stereocenters. The summed E-state index contributed by atoms with van der Waals surface area (Å²) in [5.41, 5.74) is 0. The zero-order valence-electron chi connectivity index (χ0n) is 16.4. The molecule has 2 aliphatic rings. The van der Waals surface area contributed by atoms with E-state index in [4.69, 9.17) is 28.4 Å². The number of hydrogen-bond donors (Lipinski definition) is 0. The summed E-state index contributed by atoms with van der Waals surface area (Å²) in [4.78, 5) is 23.7. The predicted octanol–water partition coefficient (Wildman–Crippen LogP) is 1.79. The van der Waals surface area contributed by atoms with Gasteiger partial charge in [0.15, 0.2) is 18.2 Å². The molecular formula is C18H30O8. The summed E-state index contributed by atoms with van der Waals surface area (Å²) in [6.07, 6.45) is -2.75. The lowest BCUT2D eigenvalue weighted by atomic mass is 9.99.